The maximum Gasteiger partial charge on any atom is 0.411 e. The van der Waals surface area contributed by atoms with Crippen molar-refractivity contribution < 1.29 is 29.0 Å². The Morgan fingerprint density at radius 2 is 1.38 bits per heavy atom. The van der Waals surface area contributed by atoms with Crippen LogP contribution in [0, 0.1) is 5.92 Å². The number of hydrogen-bond acceptors (Lipinski definition) is 5. The molecule has 0 aliphatic carbocycles. The van der Waals surface area contributed by atoms with Gasteiger partial charge in [0.1, 0.15) is 11.2 Å². The number of carboxylic acids is 1. The van der Waals surface area contributed by atoms with Gasteiger partial charge in [-0.15, -0.1) is 0 Å². The van der Waals surface area contributed by atoms with Crippen molar-refractivity contribution in [3.05, 3.63) is 0 Å². The van der Waals surface area contributed by atoms with Gasteiger partial charge in [-0.2, -0.15) is 0 Å². The summed E-state index contributed by atoms with van der Waals surface area (Å²) in [5, 5.41) is 9.66. The first kappa shape index (κ1) is 22.1. The third-order valence-corrected chi connectivity index (χ3v) is 3.80. The molecule has 2 amide bonds. The number of ether oxygens (including phenoxy) is 2. The lowest BCUT2D eigenvalue weighted by atomic mass is 9.97. The monoisotopic (exact) mass is 372 g/mol. The van der Waals surface area contributed by atoms with Crippen molar-refractivity contribution in [3.63, 3.8) is 0 Å². The molecule has 8 heteroatoms. The standard InChI is InChI=1S/C18H32N2O6/c1-11(2)12-9-19(15(23)25-17(3,4)5)10-13(14(21)22)20(12)16(24)26-18(6,7)8/h11-13H,9-10H2,1-8H3,(H,21,22)/t12?,13-/m0/s1. The predicted molar refractivity (Wildman–Crippen MR) is 95.9 cm³/mol. The second kappa shape index (κ2) is 7.72. The molecule has 0 aromatic heterocycles. The number of amides is 2. The molecule has 0 aromatic rings. The smallest absolute Gasteiger partial charge is 0.411 e. The summed E-state index contributed by atoms with van der Waals surface area (Å²) >= 11 is 0. The highest BCUT2D eigenvalue weighted by molar-refractivity contribution is 5.82. The molecule has 1 N–H and O–H groups in total. The van der Waals surface area contributed by atoms with Crippen LogP contribution in [0.4, 0.5) is 9.59 Å². The Morgan fingerprint density at radius 1 is 0.923 bits per heavy atom. The highest BCUT2D eigenvalue weighted by atomic mass is 16.6. The Morgan fingerprint density at radius 3 is 1.77 bits per heavy atom. The summed E-state index contributed by atoms with van der Waals surface area (Å²) in [6.45, 7) is 14.2. The first-order valence-electron chi connectivity index (χ1n) is 8.84. The van der Waals surface area contributed by atoms with Crippen LogP contribution in [0.3, 0.4) is 0 Å². The van der Waals surface area contributed by atoms with E-state index in [1.165, 1.54) is 9.80 Å². The van der Waals surface area contributed by atoms with Crippen LogP contribution in [0.15, 0.2) is 0 Å². The minimum absolute atomic E-state index is 0.0744. The zero-order valence-electron chi connectivity index (χ0n) is 17.0. The van der Waals surface area contributed by atoms with Crippen LogP contribution in [0.1, 0.15) is 55.4 Å². The van der Waals surface area contributed by atoms with Gasteiger partial charge in [-0.1, -0.05) is 13.8 Å². The molecule has 2 atom stereocenters. The van der Waals surface area contributed by atoms with E-state index < -0.39 is 41.4 Å². The maximum atomic E-state index is 12.7. The van der Waals surface area contributed by atoms with Gasteiger partial charge in [0.15, 0.2) is 6.04 Å². The van der Waals surface area contributed by atoms with Crippen LogP contribution in [0.5, 0.6) is 0 Å². The van der Waals surface area contributed by atoms with Crippen molar-refractivity contribution in [2.24, 2.45) is 5.92 Å². The van der Waals surface area contributed by atoms with Crippen molar-refractivity contribution in [1.82, 2.24) is 9.80 Å². The van der Waals surface area contributed by atoms with E-state index in [-0.39, 0.29) is 19.0 Å². The molecular weight excluding hydrogens is 340 g/mol. The van der Waals surface area contributed by atoms with Gasteiger partial charge in [0.25, 0.3) is 0 Å². The van der Waals surface area contributed by atoms with Crippen molar-refractivity contribution in [1.29, 1.82) is 0 Å². The molecule has 1 saturated heterocycles. The number of carbonyl (C=O) groups is 3. The molecule has 0 spiro atoms. The lowest BCUT2D eigenvalue weighted by Crippen LogP contribution is -2.66. The third-order valence-electron chi connectivity index (χ3n) is 3.80. The summed E-state index contributed by atoms with van der Waals surface area (Å²) in [4.78, 5) is 39.5. The number of nitrogens with zero attached hydrogens (tertiary/aromatic N) is 2. The van der Waals surface area contributed by atoms with Crippen LogP contribution in [-0.2, 0) is 14.3 Å². The van der Waals surface area contributed by atoms with Crippen LogP contribution in [-0.4, -0.2) is 69.4 Å². The van der Waals surface area contributed by atoms with Crippen LogP contribution in [0.25, 0.3) is 0 Å². The Balaban J connectivity index is 3.14. The van der Waals surface area contributed by atoms with Gasteiger partial charge in [-0.05, 0) is 47.5 Å². The molecule has 150 valence electrons. The number of piperazine rings is 1. The van der Waals surface area contributed by atoms with E-state index in [1.54, 1.807) is 41.5 Å². The van der Waals surface area contributed by atoms with Gasteiger partial charge in [0.2, 0.25) is 0 Å². The van der Waals surface area contributed by atoms with E-state index in [2.05, 4.69) is 0 Å². The number of aliphatic carboxylic acids is 1. The molecule has 0 bridgehead atoms. The van der Waals surface area contributed by atoms with Crippen molar-refractivity contribution in [2.75, 3.05) is 13.1 Å². The molecule has 1 aliphatic rings. The second-order valence-corrected chi connectivity index (χ2v) is 8.94. The van der Waals surface area contributed by atoms with Crippen LogP contribution in [0.2, 0.25) is 0 Å². The second-order valence-electron chi connectivity index (χ2n) is 8.94. The minimum atomic E-state index is -1.20. The summed E-state index contributed by atoms with van der Waals surface area (Å²) in [7, 11) is 0. The molecule has 1 unspecified atom stereocenters. The lowest BCUT2D eigenvalue weighted by molar-refractivity contribution is -0.147. The highest BCUT2D eigenvalue weighted by Gasteiger charge is 2.46. The first-order valence-corrected chi connectivity index (χ1v) is 8.84. The summed E-state index contributed by atoms with van der Waals surface area (Å²) in [5.74, 6) is -1.26. The zero-order chi connectivity index (χ0) is 20.4. The van der Waals surface area contributed by atoms with E-state index >= 15 is 0 Å². The molecular formula is C18H32N2O6. The van der Waals surface area contributed by atoms with Gasteiger partial charge in [0.05, 0.1) is 12.6 Å². The fraction of sp³-hybridized carbons (Fsp3) is 0.833. The SMILES string of the molecule is CC(C)C1CN(C(=O)OC(C)(C)C)C[C@@H](C(=O)O)N1C(=O)OC(C)(C)C. The first-order chi connectivity index (χ1) is 11.6. The zero-order valence-corrected chi connectivity index (χ0v) is 17.0. The maximum absolute atomic E-state index is 12.7. The van der Waals surface area contributed by atoms with Crippen molar-refractivity contribution in [2.45, 2.75) is 78.7 Å². The molecule has 0 radical (unpaired) electrons. The number of rotatable bonds is 2. The molecule has 1 heterocycles. The van der Waals surface area contributed by atoms with Crippen molar-refractivity contribution in [3.8, 4) is 0 Å². The lowest BCUT2D eigenvalue weighted by Gasteiger charge is -2.46. The summed E-state index contributed by atoms with van der Waals surface area (Å²) < 4.78 is 10.8. The van der Waals surface area contributed by atoms with E-state index in [4.69, 9.17) is 9.47 Å². The number of carboxylic acid groups (broad SMARTS) is 1. The average molecular weight is 372 g/mol. The Kier molecular flexibility index (Phi) is 6.54. The number of carbonyl (C=O) groups excluding carboxylic acids is 2. The van der Waals surface area contributed by atoms with Gasteiger partial charge in [-0.25, -0.2) is 14.4 Å². The Hall–Kier alpha value is -1.99. The molecule has 1 rings (SSSR count). The number of hydrogen-bond donors (Lipinski definition) is 1. The molecule has 0 aromatic carbocycles. The van der Waals surface area contributed by atoms with Gasteiger partial charge < -0.3 is 19.5 Å². The van der Waals surface area contributed by atoms with E-state index in [0.717, 1.165) is 0 Å². The van der Waals surface area contributed by atoms with Crippen LogP contribution < -0.4 is 0 Å². The summed E-state index contributed by atoms with van der Waals surface area (Å²) in [5.41, 5.74) is -1.44. The van der Waals surface area contributed by atoms with Gasteiger partial charge >= 0.3 is 18.2 Å². The molecule has 8 nitrogen and oxygen atoms in total. The summed E-state index contributed by atoms with van der Waals surface area (Å²) in [6, 6.07) is -1.69. The Bertz CT molecular complexity index is 547. The quantitative estimate of drug-likeness (QED) is 0.800. The minimum Gasteiger partial charge on any atom is -0.480 e. The third kappa shape index (κ3) is 6.07. The predicted octanol–water partition coefficient (Wildman–Crippen LogP) is 2.95. The van der Waals surface area contributed by atoms with Crippen molar-refractivity contribution >= 4 is 18.2 Å². The van der Waals surface area contributed by atoms with Gasteiger partial charge in [0, 0.05) is 6.54 Å². The normalized spacial score (nSPS) is 21.6. The Labute approximate surface area is 155 Å². The van der Waals surface area contributed by atoms with E-state index in [1.807, 2.05) is 13.8 Å². The largest absolute Gasteiger partial charge is 0.480 e. The molecule has 0 saturated carbocycles. The topological polar surface area (TPSA) is 96.4 Å². The summed E-state index contributed by atoms with van der Waals surface area (Å²) in [6.07, 6.45) is -1.27. The molecule has 26 heavy (non-hydrogen) atoms. The van der Waals surface area contributed by atoms with Gasteiger partial charge in [-0.3, -0.25) is 4.90 Å². The van der Waals surface area contributed by atoms with Crippen LogP contribution >= 0.6 is 0 Å². The highest BCUT2D eigenvalue weighted by Crippen LogP contribution is 2.26. The fourth-order valence-electron chi connectivity index (χ4n) is 2.70. The molecule has 1 aliphatic heterocycles. The van der Waals surface area contributed by atoms with E-state index in [0.29, 0.717) is 0 Å². The fourth-order valence-corrected chi connectivity index (χ4v) is 2.70. The average Bonchev–Trinajstić information content (AvgIpc) is 2.41. The molecule has 1 fully saturated rings. The van der Waals surface area contributed by atoms with E-state index in [9.17, 15) is 19.5 Å².